The van der Waals surface area contributed by atoms with E-state index in [9.17, 15) is 14.0 Å². The molecule has 0 radical (unpaired) electrons. The molecule has 0 saturated carbocycles. The molecule has 1 amide bonds. The van der Waals surface area contributed by atoms with Gasteiger partial charge in [0.1, 0.15) is 11.4 Å². The maximum Gasteiger partial charge on any atom is 0.412 e. The molecule has 0 aliphatic carbocycles. The van der Waals surface area contributed by atoms with Crippen LogP contribution < -0.4 is 5.32 Å². The van der Waals surface area contributed by atoms with Crippen LogP contribution in [0.25, 0.3) is 0 Å². The summed E-state index contributed by atoms with van der Waals surface area (Å²) in [4.78, 5) is 22.3. The number of carbonyl (C=O) groups is 2. The van der Waals surface area contributed by atoms with Gasteiger partial charge >= 0.3 is 6.09 Å². The molecule has 0 heterocycles. The summed E-state index contributed by atoms with van der Waals surface area (Å²) in [7, 11) is 0. The Bertz CT molecular complexity index is 478. The van der Waals surface area contributed by atoms with Crippen molar-refractivity contribution in [2.45, 2.75) is 33.3 Å². The van der Waals surface area contributed by atoms with Gasteiger partial charge in [0, 0.05) is 5.69 Å². The van der Waals surface area contributed by atoms with Gasteiger partial charge in [-0.1, -0.05) is 0 Å². The summed E-state index contributed by atoms with van der Waals surface area (Å²) in [6, 6.07) is 2.52. The van der Waals surface area contributed by atoms with Crippen LogP contribution in [-0.2, 0) is 4.74 Å². The largest absolute Gasteiger partial charge is 0.444 e. The van der Waals surface area contributed by atoms with Crippen LogP contribution in [0.3, 0.4) is 0 Å². The first kappa shape index (κ1) is 14.2. The molecule has 1 rings (SSSR count). The molecule has 0 aromatic heterocycles. The average Bonchev–Trinajstić information content (AvgIpc) is 2.20. The lowest BCUT2D eigenvalue weighted by atomic mass is 10.1. The Hall–Kier alpha value is -1.91. The van der Waals surface area contributed by atoms with Crippen molar-refractivity contribution in [2.24, 2.45) is 0 Å². The molecule has 0 spiro atoms. The van der Waals surface area contributed by atoms with Crippen LogP contribution in [0.4, 0.5) is 14.9 Å². The second-order valence-corrected chi connectivity index (χ2v) is 4.88. The Labute approximate surface area is 105 Å². The molecular weight excluding hydrogens is 237 g/mol. The Kier molecular flexibility index (Phi) is 4.06. The smallest absolute Gasteiger partial charge is 0.412 e. The third-order valence-electron chi connectivity index (χ3n) is 2.22. The lowest BCUT2D eigenvalue weighted by Crippen LogP contribution is -2.27. The first-order valence-corrected chi connectivity index (χ1v) is 5.49. The minimum Gasteiger partial charge on any atom is -0.444 e. The Morgan fingerprint density at radius 3 is 2.50 bits per heavy atom. The van der Waals surface area contributed by atoms with Gasteiger partial charge in [0.2, 0.25) is 0 Å². The fraction of sp³-hybridized carbons (Fsp3) is 0.385. The number of halogens is 1. The Morgan fingerprint density at radius 2 is 2.00 bits per heavy atom. The van der Waals surface area contributed by atoms with E-state index in [0.29, 0.717) is 17.5 Å². The fourth-order valence-electron chi connectivity index (χ4n) is 1.39. The zero-order chi connectivity index (χ0) is 13.9. The van der Waals surface area contributed by atoms with E-state index in [-0.39, 0.29) is 5.56 Å². The highest BCUT2D eigenvalue weighted by atomic mass is 19.1. The zero-order valence-corrected chi connectivity index (χ0v) is 10.8. The molecule has 1 aromatic carbocycles. The van der Waals surface area contributed by atoms with Crippen molar-refractivity contribution in [3.63, 3.8) is 0 Å². The average molecular weight is 253 g/mol. The number of hydrogen-bond donors (Lipinski definition) is 1. The van der Waals surface area contributed by atoms with Crippen molar-refractivity contribution in [3.8, 4) is 0 Å². The Morgan fingerprint density at radius 1 is 1.39 bits per heavy atom. The number of benzene rings is 1. The van der Waals surface area contributed by atoms with Gasteiger partial charge in [0.15, 0.2) is 6.29 Å². The minimum absolute atomic E-state index is 0.0661. The summed E-state index contributed by atoms with van der Waals surface area (Å²) in [6.07, 6.45) is -0.223. The SMILES string of the molecule is Cc1c(NC(=O)OC(C)(C)C)ccc(F)c1C=O. The van der Waals surface area contributed by atoms with Gasteiger partial charge in [-0.05, 0) is 45.4 Å². The molecular formula is C13H16FNO3. The van der Waals surface area contributed by atoms with Crippen molar-refractivity contribution in [3.05, 3.63) is 29.1 Å². The molecule has 4 nitrogen and oxygen atoms in total. The van der Waals surface area contributed by atoms with E-state index >= 15 is 0 Å². The molecule has 0 unspecified atom stereocenters. The maximum absolute atomic E-state index is 13.3. The number of aldehydes is 1. The van der Waals surface area contributed by atoms with E-state index < -0.39 is 17.5 Å². The highest BCUT2D eigenvalue weighted by Gasteiger charge is 2.18. The van der Waals surface area contributed by atoms with Crippen LogP contribution in [-0.4, -0.2) is 18.0 Å². The van der Waals surface area contributed by atoms with E-state index in [1.807, 2.05) is 0 Å². The van der Waals surface area contributed by atoms with Crippen molar-refractivity contribution in [2.75, 3.05) is 5.32 Å². The van der Waals surface area contributed by atoms with Crippen molar-refractivity contribution in [1.82, 2.24) is 0 Å². The minimum atomic E-state index is -0.644. The molecule has 5 heteroatoms. The number of carbonyl (C=O) groups excluding carboxylic acids is 2. The lowest BCUT2D eigenvalue weighted by molar-refractivity contribution is 0.0635. The summed E-state index contributed by atoms with van der Waals surface area (Å²) in [5, 5.41) is 2.48. The standard InChI is InChI=1S/C13H16FNO3/c1-8-9(7-16)10(14)5-6-11(8)15-12(17)18-13(2,3)4/h5-7H,1-4H3,(H,15,17). The molecule has 98 valence electrons. The highest BCUT2D eigenvalue weighted by Crippen LogP contribution is 2.21. The molecule has 18 heavy (non-hydrogen) atoms. The van der Waals surface area contributed by atoms with E-state index in [4.69, 9.17) is 4.74 Å². The quantitative estimate of drug-likeness (QED) is 0.823. The van der Waals surface area contributed by atoms with E-state index in [1.54, 1.807) is 27.7 Å². The van der Waals surface area contributed by atoms with Crippen LogP contribution >= 0.6 is 0 Å². The van der Waals surface area contributed by atoms with Crippen molar-refractivity contribution < 1.29 is 18.7 Å². The summed E-state index contributed by atoms with van der Waals surface area (Å²) < 4.78 is 18.3. The highest BCUT2D eigenvalue weighted by molar-refractivity contribution is 5.89. The summed E-state index contributed by atoms with van der Waals surface area (Å²) in [5.41, 5.74) is 0.0399. The van der Waals surface area contributed by atoms with Gasteiger partial charge < -0.3 is 4.74 Å². The summed E-state index contributed by atoms with van der Waals surface area (Å²) in [5.74, 6) is -0.614. The second-order valence-electron chi connectivity index (χ2n) is 4.88. The maximum atomic E-state index is 13.3. The monoisotopic (exact) mass is 253 g/mol. The number of ether oxygens (including phenoxy) is 1. The van der Waals surface area contributed by atoms with Crippen LogP contribution in [0.5, 0.6) is 0 Å². The number of anilines is 1. The molecule has 0 saturated heterocycles. The predicted molar refractivity (Wildman–Crippen MR) is 66.4 cm³/mol. The van der Waals surface area contributed by atoms with E-state index in [2.05, 4.69) is 5.32 Å². The summed E-state index contributed by atoms with van der Waals surface area (Å²) >= 11 is 0. The summed E-state index contributed by atoms with van der Waals surface area (Å²) in [6.45, 7) is 6.77. The third-order valence-corrected chi connectivity index (χ3v) is 2.22. The third kappa shape index (κ3) is 3.55. The van der Waals surface area contributed by atoms with Crippen LogP contribution in [0, 0.1) is 12.7 Å². The van der Waals surface area contributed by atoms with E-state index in [0.717, 1.165) is 6.07 Å². The van der Waals surface area contributed by atoms with Gasteiger partial charge in [-0.3, -0.25) is 10.1 Å². The fourth-order valence-corrected chi connectivity index (χ4v) is 1.39. The molecule has 0 bridgehead atoms. The second kappa shape index (κ2) is 5.16. The first-order valence-electron chi connectivity index (χ1n) is 5.49. The molecule has 0 atom stereocenters. The predicted octanol–water partition coefficient (Wildman–Crippen LogP) is 3.29. The zero-order valence-electron chi connectivity index (χ0n) is 10.8. The number of nitrogens with one attached hydrogen (secondary N) is 1. The van der Waals surface area contributed by atoms with Crippen LogP contribution in [0.15, 0.2) is 12.1 Å². The topological polar surface area (TPSA) is 55.4 Å². The van der Waals surface area contributed by atoms with Crippen LogP contribution in [0.1, 0.15) is 36.7 Å². The van der Waals surface area contributed by atoms with Gasteiger partial charge in [-0.25, -0.2) is 9.18 Å². The molecule has 0 aliphatic heterocycles. The van der Waals surface area contributed by atoms with Gasteiger partial charge in [-0.15, -0.1) is 0 Å². The van der Waals surface area contributed by atoms with Gasteiger partial charge in [0.05, 0.1) is 5.56 Å². The lowest BCUT2D eigenvalue weighted by Gasteiger charge is -2.20. The molecule has 0 aliphatic rings. The Balaban J connectivity index is 2.93. The van der Waals surface area contributed by atoms with E-state index in [1.165, 1.54) is 6.07 Å². The first-order chi connectivity index (χ1) is 8.24. The molecule has 1 aromatic rings. The number of rotatable bonds is 2. The number of hydrogen-bond acceptors (Lipinski definition) is 3. The molecule has 1 N–H and O–H groups in total. The molecule has 0 fully saturated rings. The van der Waals surface area contributed by atoms with Gasteiger partial charge in [0.25, 0.3) is 0 Å². The van der Waals surface area contributed by atoms with Crippen LogP contribution in [0.2, 0.25) is 0 Å². The van der Waals surface area contributed by atoms with Crippen molar-refractivity contribution >= 4 is 18.1 Å². The van der Waals surface area contributed by atoms with Crippen molar-refractivity contribution in [1.29, 1.82) is 0 Å². The van der Waals surface area contributed by atoms with Gasteiger partial charge in [-0.2, -0.15) is 0 Å². The normalized spacial score (nSPS) is 10.9. The number of amides is 1.